The van der Waals surface area contributed by atoms with Gasteiger partial charge in [-0.25, -0.2) is 0 Å². The van der Waals surface area contributed by atoms with Crippen LogP contribution in [0.25, 0.3) is 10.8 Å². The normalized spacial score (nSPS) is 12.7. The zero-order chi connectivity index (χ0) is 12.4. The number of aliphatic hydroxyl groups excluding tert-OH is 1. The van der Waals surface area contributed by atoms with Crippen LogP contribution in [-0.4, -0.2) is 18.8 Å². The Kier molecular flexibility index (Phi) is 3.52. The molecule has 2 aromatic carbocycles. The third-order valence-corrected chi connectivity index (χ3v) is 2.97. The summed E-state index contributed by atoms with van der Waals surface area (Å²) in [6.45, 7) is 0.155. The maximum atomic E-state index is 9.83. The highest BCUT2D eigenvalue weighted by atomic mass is 35.5. The first kappa shape index (κ1) is 12.2. The van der Waals surface area contributed by atoms with Crippen LogP contribution in [0.1, 0.15) is 11.7 Å². The van der Waals surface area contributed by atoms with E-state index in [9.17, 15) is 5.11 Å². The number of nitrogens with two attached hydrogens (primary N) is 1. The number of benzene rings is 2. The van der Waals surface area contributed by atoms with E-state index in [-0.39, 0.29) is 6.54 Å². The molecular formula is C13H14ClNO2. The molecule has 4 heteroatoms. The summed E-state index contributed by atoms with van der Waals surface area (Å²) in [4.78, 5) is 0. The van der Waals surface area contributed by atoms with Crippen molar-refractivity contribution in [1.82, 2.24) is 0 Å². The van der Waals surface area contributed by atoms with Gasteiger partial charge >= 0.3 is 0 Å². The highest BCUT2D eigenvalue weighted by Gasteiger charge is 2.13. The first-order valence-corrected chi connectivity index (χ1v) is 5.69. The molecule has 0 saturated heterocycles. The average Bonchev–Trinajstić information content (AvgIpc) is 2.36. The van der Waals surface area contributed by atoms with E-state index in [0.717, 1.165) is 10.8 Å². The summed E-state index contributed by atoms with van der Waals surface area (Å²) in [7, 11) is 1.57. The predicted molar refractivity (Wildman–Crippen MR) is 69.5 cm³/mol. The van der Waals surface area contributed by atoms with E-state index in [1.165, 1.54) is 0 Å². The molecule has 0 heterocycles. The molecule has 90 valence electrons. The van der Waals surface area contributed by atoms with Crippen LogP contribution in [0.5, 0.6) is 5.75 Å². The Labute approximate surface area is 105 Å². The van der Waals surface area contributed by atoms with Gasteiger partial charge in [0.15, 0.2) is 0 Å². The Morgan fingerprint density at radius 3 is 2.71 bits per heavy atom. The number of ether oxygens (including phenoxy) is 1. The molecule has 3 nitrogen and oxygen atoms in total. The number of aliphatic hydroxyl groups is 1. The SMILES string of the molecule is COc1cc2ccc(Cl)cc2cc1C(O)CN. The van der Waals surface area contributed by atoms with E-state index in [0.29, 0.717) is 16.3 Å². The van der Waals surface area contributed by atoms with E-state index in [2.05, 4.69) is 0 Å². The third kappa shape index (κ3) is 2.36. The summed E-state index contributed by atoms with van der Waals surface area (Å²) < 4.78 is 5.26. The van der Waals surface area contributed by atoms with Crippen LogP contribution in [0.4, 0.5) is 0 Å². The van der Waals surface area contributed by atoms with Crippen molar-refractivity contribution in [2.75, 3.05) is 13.7 Å². The van der Waals surface area contributed by atoms with Gasteiger partial charge in [0, 0.05) is 17.1 Å². The lowest BCUT2D eigenvalue weighted by molar-refractivity contribution is 0.182. The summed E-state index contributed by atoms with van der Waals surface area (Å²) in [6, 6.07) is 9.32. The quantitative estimate of drug-likeness (QED) is 0.881. The molecule has 1 atom stereocenters. The lowest BCUT2D eigenvalue weighted by atomic mass is 10.0. The molecule has 0 saturated carbocycles. The fourth-order valence-corrected chi connectivity index (χ4v) is 2.01. The van der Waals surface area contributed by atoms with E-state index in [1.54, 1.807) is 7.11 Å². The maximum Gasteiger partial charge on any atom is 0.125 e. The molecule has 1 unspecified atom stereocenters. The summed E-state index contributed by atoms with van der Waals surface area (Å²) in [5.74, 6) is 0.637. The fourth-order valence-electron chi connectivity index (χ4n) is 1.83. The predicted octanol–water partition coefficient (Wildman–Crippen LogP) is 2.49. The molecule has 0 amide bonds. The lowest BCUT2D eigenvalue weighted by Crippen LogP contribution is -2.12. The van der Waals surface area contributed by atoms with E-state index < -0.39 is 6.10 Å². The van der Waals surface area contributed by atoms with Gasteiger partial charge in [0.1, 0.15) is 5.75 Å². The smallest absolute Gasteiger partial charge is 0.125 e. The van der Waals surface area contributed by atoms with Crippen LogP contribution in [-0.2, 0) is 0 Å². The largest absolute Gasteiger partial charge is 0.496 e. The standard InChI is InChI=1S/C13H14ClNO2/c1-17-13-6-8-2-3-10(14)4-9(8)5-11(13)12(16)7-15/h2-6,12,16H,7,15H2,1H3. The Hall–Kier alpha value is -1.29. The van der Waals surface area contributed by atoms with Crippen molar-refractivity contribution in [3.05, 3.63) is 40.9 Å². The van der Waals surface area contributed by atoms with Gasteiger partial charge in [0.2, 0.25) is 0 Å². The van der Waals surface area contributed by atoms with Gasteiger partial charge in [-0.15, -0.1) is 0 Å². The highest BCUT2D eigenvalue weighted by Crippen LogP contribution is 2.31. The molecular weight excluding hydrogens is 238 g/mol. The molecule has 0 radical (unpaired) electrons. The number of hydrogen-bond donors (Lipinski definition) is 2. The Balaban J connectivity index is 2.65. The second kappa shape index (κ2) is 4.92. The number of halogens is 1. The molecule has 0 spiro atoms. The topological polar surface area (TPSA) is 55.5 Å². The van der Waals surface area contributed by atoms with Crippen molar-refractivity contribution >= 4 is 22.4 Å². The monoisotopic (exact) mass is 251 g/mol. The first-order valence-electron chi connectivity index (χ1n) is 5.31. The zero-order valence-corrected chi connectivity index (χ0v) is 10.2. The molecule has 0 fully saturated rings. The minimum Gasteiger partial charge on any atom is -0.496 e. The van der Waals surface area contributed by atoms with Gasteiger partial charge in [-0.3, -0.25) is 0 Å². The summed E-state index contributed by atoms with van der Waals surface area (Å²) >= 11 is 5.94. The number of methoxy groups -OCH3 is 1. The molecule has 0 aliphatic heterocycles. The van der Waals surface area contributed by atoms with Gasteiger partial charge < -0.3 is 15.6 Å². The molecule has 0 aliphatic rings. The Morgan fingerprint density at radius 2 is 2.06 bits per heavy atom. The van der Waals surface area contributed by atoms with Crippen LogP contribution in [0.3, 0.4) is 0 Å². The van der Waals surface area contributed by atoms with E-state index >= 15 is 0 Å². The van der Waals surface area contributed by atoms with Gasteiger partial charge in [0.05, 0.1) is 13.2 Å². The number of hydrogen-bond acceptors (Lipinski definition) is 3. The van der Waals surface area contributed by atoms with Crippen molar-refractivity contribution in [2.24, 2.45) is 5.73 Å². The lowest BCUT2D eigenvalue weighted by Gasteiger charge is -2.14. The van der Waals surface area contributed by atoms with Gasteiger partial charge in [-0.2, -0.15) is 0 Å². The number of fused-ring (bicyclic) bond motifs is 1. The van der Waals surface area contributed by atoms with Crippen molar-refractivity contribution in [1.29, 1.82) is 0 Å². The molecule has 0 aliphatic carbocycles. The van der Waals surface area contributed by atoms with Crippen molar-refractivity contribution in [2.45, 2.75) is 6.10 Å². The average molecular weight is 252 g/mol. The summed E-state index contributed by atoms with van der Waals surface area (Å²) in [5, 5.41) is 12.5. The van der Waals surface area contributed by atoms with Crippen LogP contribution in [0.15, 0.2) is 30.3 Å². The van der Waals surface area contributed by atoms with Crippen molar-refractivity contribution in [3.8, 4) is 5.75 Å². The Bertz CT molecular complexity index is 542. The van der Waals surface area contributed by atoms with Crippen LogP contribution >= 0.6 is 11.6 Å². The van der Waals surface area contributed by atoms with Gasteiger partial charge in [-0.1, -0.05) is 17.7 Å². The van der Waals surface area contributed by atoms with E-state index in [1.807, 2.05) is 30.3 Å². The minimum absolute atomic E-state index is 0.155. The minimum atomic E-state index is -0.728. The molecule has 2 rings (SSSR count). The second-order valence-corrected chi connectivity index (χ2v) is 4.27. The van der Waals surface area contributed by atoms with E-state index in [4.69, 9.17) is 22.1 Å². The summed E-state index contributed by atoms with van der Waals surface area (Å²) in [5.41, 5.74) is 6.15. The maximum absolute atomic E-state index is 9.83. The van der Waals surface area contributed by atoms with Crippen molar-refractivity contribution < 1.29 is 9.84 Å². The van der Waals surface area contributed by atoms with Crippen molar-refractivity contribution in [3.63, 3.8) is 0 Å². The molecule has 17 heavy (non-hydrogen) atoms. The molecule has 3 N–H and O–H groups in total. The highest BCUT2D eigenvalue weighted by molar-refractivity contribution is 6.31. The fraction of sp³-hybridized carbons (Fsp3) is 0.231. The summed E-state index contributed by atoms with van der Waals surface area (Å²) in [6.07, 6.45) is -0.728. The molecule has 2 aromatic rings. The third-order valence-electron chi connectivity index (χ3n) is 2.73. The number of rotatable bonds is 3. The Morgan fingerprint density at radius 1 is 1.29 bits per heavy atom. The first-order chi connectivity index (χ1) is 8.15. The molecule has 0 aromatic heterocycles. The van der Waals surface area contributed by atoms with Crippen LogP contribution < -0.4 is 10.5 Å². The van der Waals surface area contributed by atoms with Gasteiger partial charge in [0.25, 0.3) is 0 Å². The molecule has 0 bridgehead atoms. The van der Waals surface area contributed by atoms with Crippen LogP contribution in [0.2, 0.25) is 5.02 Å². The van der Waals surface area contributed by atoms with Crippen LogP contribution in [0, 0.1) is 0 Å². The zero-order valence-electron chi connectivity index (χ0n) is 9.48. The van der Waals surface area contributed by atoms with Gasteiger partial charge in [-0.05, 0) is 35.0 Å². The second-order valence-electron chi connectivity index (χ2n) is 3.84.